The summed E-state index contributed by atoms with van der Waals surface area (Å²) in [7, 11) is 1.61. The molecule has 0 spiro atoms. The molecule has 0 aromatic heterocycles. The molecule has 2 N–H and O–H groups in total. The molecule has 1 fully saturated rings. The van der Waals surface area contributed by atoms with Gasteiger partial charge in [0.05, 0.1) is 17.9 Å². The number of amides is 1. The van der Waals surface area contributed by atoms with Gasteiger partial charge in [0.2, 0.25) is 0 Å². The lowest BCUT2D eigenvalue weighted by Gasteiger charge is -2.29. The summed E-state index contributed by atoms with van der Waals surface area (Å²) in [5.74, 6) is -0.135. The fraction of sp³-hybridized carbons (Fsp3) is 0.533. The molecule has 6 heteroatoms. The monoisotopic (exact) mass is 358 g/mol. The lowest BCUT2D eigenvalue weighted by molar-refractivity contribution is 0.0593. The third-order valence-corrected chi connectivity index (χ3v) is 4.57. The Bertz CT molecular complexity index is 535. The van der Waals surface area contributed by atoms with Crippen molar-refractivity contribution in [3.05, 3.63) is 28.0 Å². The summed E-state index contributed by atoms with van der Waals surface area (Å²) < 4.78 is 18.9. The standard InChI is InChI=1S/C15H20BrFN2O2/c1-9(10-3-4-10)19(5-6-21-2)15(20)11-7-14(18)13(17)8-12(11)16/h7-10H,3-6,18H2,1-2H3. The molecular weight excluding hydrogens is 339 g/mol. The van der Waals surface area contributed by atoms with Crippen LogP contribution in [-0.4, -0.2) is 37.1 Å². The van der Waals surface area contributed by atoms with Crippen LogP contribution in [0.5, 0.6) is 0 Å². The van der Waals surface area contributed by atoms with Gasteiger partial charge in [-0.3, -0.25) is 4.79 Å². The maximum absolute atomic E-state index is 13.4. The van der Waals surface area contributed by atoms with Gasteiger partial charge in [-0.15, -0.1) is 0 Å². The van der Waals surface area contributed by atoms with E-state index in [9.17, 15) is 9.18 Å². The Kier molecular flexibility index (Phi) is 5.22. The van der Waals surface area contributed by atoms with Crippen molar-refractivity contribution in [2.75, 3.05) is 26.0 Å². The van der Waals surface area contributed by atoms with Crippen LogP contribution >= 0.6 is 15.9 Å². The van der Waals surface area contributed by atoms with Crippen molar-refractivity contribution in [3.8, 4) is 0 Å². The first-order chi connectivity index (χ1) is 9.95. The molecule has 116 valence electrons. The second-order valence-corrected chi connectivity index (χ2v) is 6.28. The fourth-order valence-corrected chi connectivity index (χ4v) is 2.88. The molecule has 1 aromatic rings. The first-order valence-electron chi connectivity index (χ1n) is 7.00. The van der Waals surface area contributed by atoms with Crippen molar-refractivity contribution in [1.29, 1.82) is 0 Å². The predicted molar refractivity (Wildman–Crippen MR) is 83.6 cm³/mol. The van der Waals surface area contributed by atoms with Crippen molar-refractivity contribution < 1.29 is 13.9 Å². The zero-order valence-electron chi connectivity index (χ0n) is 12.2. The van der Waals surface area contributed by atoms with E-state index in [0.717, 1.165) is 12.8 Å². The molecular formula is C15H20BrFN2O2. The molecule has 0 aliphatic heterocycles. The molecule has 0 bridgehead atoms. The van der Waals surface area contributed by atoms with Crippen molar-refractivity contribution in [2.24, 2.45) is 5.92 Å². The van der Waals surface area contributed by atoms with Crippen LogP contribution in [0.3, 0.4) is 0 Å². The highest BCUT2D eigenvalue weighted by atomic mass is 79.9. The van der Waals surface area contributed by atoms with Crippen molar-refractivity contribution in [3.63, 3.8) is 0 Å². The molecule has 1 aromatic carbocycles. The minimum atomic E-state index is -0.530. The normalized spacial score (nSPS) is 15.8. The molecule has 1 aliphatic rings. The van der Waals surface area contributed by atoms with Gasteiger partial charge in [-0.1, -0.05) is 0 Å². The highest BCUT2D eigenvalue weighted by Gasteiger charge is 2.35. The van der Waals surface area contributed by atoms with Crippen LogP contribution in [0, 0.1) is 11.7 Å². The highest BCUT2D eigenvalue weighted by molar-refractivity contribution is 9.10. The second-order valence-electron chi connectivity index (χ2n) is 5.42. The van der Waals surface area contributed by atoms with Gasteiger partial charge in [0.1, 0.15) is 5.82 Å². The van der Waals surface area contributed by atoms with Gasteiger partial charge in [0.25, 0.3) is 5.91 Å². The average Bonchev–Trinajstić information content (AvgIpc) is 3.27. The SMILES string of the molecule is COCCN(C(=O)c1cc(N)c(F)cc1Br)C(C)C1CC1. The summed E-state index contributed by atoms with van der Waals surface area (Å²) in [4.78, 5) is 14.6. The predicted octanol–water partition coefficient (Wildman–Crippen LogP) is 3.06. The van der Waals surface area contributed by atoms with E-state index >= 15 is 0 Å². The third kappa shape index (κ3) is 3.74. The number of benzene rings is 1. The molecule has 4 nitrogen and oxygen atoms in total. The number of nitrogens with zero attached hydrogens (tertiary/aromatic N) is 1. The largest absolute Gasteiger partial charge is 0.396 e. The number of nitrogens with two attached hydrogens (primary N) is 1. The van der Waals surface area contributed by atoms with Gasteiger partial charge in [0, 0.05) is 24.2 Å². The molecule has 0 radical (unpaired) electrons. The summed E-state index contributed by atoms with van der Waals surface area (Å²) >= 11 is 3.25. The molecule has 1 aliphatic carbocycles. The van der Waals surface area contributed by atoms with E-state index in [-0.39, 0.29) is 17.6 Å². The molecule has 1 atom stereocenters. The van der Waals surface area contributed by atoms with E-state index in [4.69, 9.17) is 10.5 Å². The maximum Gasteiger partial charge on any atom is 0.255 e. The Balaban J connectivity index is 2.26. The van der Waals surface area contributed by atoms with Gasteiger partial charge >= 0.3 is 0 Å². The van der Waals surface area contributed by atoms with E-state index in [2.05, 4.69) is 15.9 Å². The number of hydrogen-bond donors (Lipinski definition) is 1. The van der Waals surface area contributed by atoms with E-state index in [1.807, 2.05) is 6.92 Å². The number of hydrogen-bond acceptors (Lipinski definition) is 3. The molecule has 0 saturated heterocycles. The van der Waals surface area contributed by atoms with E-state index in [1.165, 1.54) is 12.1 Å². The van der Waals surface area contributed by atoms with E-state index < -0.39 is 5.82 Å². The van der Waals surface area contributed by atoms with E-state index in [1.54, 1.807) is 12.0 Å². The molecule has 0 heterocycles. The number of rotatable bonds is 6. The average molecular weight is 359 g/mol. The Morgan fingerprint density at radius 2 is 2.24 bits per heavy atom. The third-order valence-electron chi connectivity index (χ3n) is 3.91. The summed E-state index contributed by atoms with van der Waals surface area (Å²) in [6, 6.07) is 2.77. The maximum atomic E-state index is 13.4. The highest BCUT2D eigenvalue weighted by Crippen LogP contribution is 2.36. The summed E-state index contributed by atoms with van der Waals surface area (Å²) in [5, 5.41) is 0. The van der Waals surface area contributed by atoms with Crippen LogP contribution < -0.4 is 5.73 Å². The zero-order valence-corrected chi connectivity index (χ0v) is 13.8. The Labute approximate surface area is 132 Å². The molecule has 1 unspecified atom stereocenters. The topological polar surface area (TPSA) is 55.6 Å². The van der Waals surface area contributed by atoms with Crippen LogP contribution in [0.25, 0.3) is 0 Å². The summed E-state index contributed by atoms with van der Waals surface area (Å²) in [6.07, 6.45) is 2.29. The first-order valence-corrected chi connectivity index (χ1v) is 7.79. The zero-order chi connectivity index (χ0) is 15.6. The van der Waals surface area contributed by atoms with Gasteiger partial charge < -0.3 is 15.4 Å². The minimum absolute atomic E-state index is 0.0210. The van der Waals surface area contributed by atoms with Crippen LogP contribution in [0.4, 0.5) is 10.1 Å². The van der Waals surface area contributed by atoms with E-state index in [0.29, 0.717) is 29.1 Å². The number of methoxy groups -OCH3 is 1. The van der Waals surface area contributed by atoms with Crippen molar-refractivity contribution >= 4 is 27.5 Å². The summed E-state index contributed by atoms with van der Waals surface area (Å²) in [6.45, 7) is 3.03. The van der Waals surface area contributed by atoms with Crippen LogP contribution in [0.1, 0.15) is 30.1 Å². The van der Waals surface area contributed by atoms with Gasteiger partial charge in [-0.2, -0.15) is 0 Å². The number of ether oxygens (including phenoxy) is 1. The Morgan fingerprint density at radius 1 is 1.57 bits per heavy atom. The first kappa shape index (κ1) is 16.2. The number of halogens is 2. The van der Waals surface area contributed by atoms with Crippen molar-refractivity contribution in [2.45, 2.75) is 25.8 Å². The molecule has 1 saturated carbocycles. The Hall–Kier alpha value is -1.14. The second kappa shape index (κ2) is 6.75. The van der Waals surface area contributed by atoms with Gasteiger partial charge in [-0.25, -0.2) is 4.39 Å². The molecule has 21 heavy (non-hydrogen) atoms. The lowest BCUT2D eigenvalue weighted by atomic mass is 10.1. The van der Waals surface area contributed by atoms with Crippen LogP contribution in [-0.2, 0) is 4.74 Å². The quantitative estimate of drug-likeness (QED) is 0.795. The molecule has 1 amide bonds. The number of nitrogen functional groups attached to an aromatic ring is 1. The lowest BCUT2D eigenvalue weighted by Crippen LogP contribution is -2.42. The Morgan fingerprint density at radius 3 is 2.81 bits per heavy atom. The number of carbonyl (C=O) groups excluding carboxylic acids is 1. The number of carbonyl (C=O) groups is 1. The van der Waals surface area contributed by atoms with Crippen LogP contribution in [0.15, 0.2) is 16.6 Å². The molecule has 2 rings (SSSR count). The number of anilines is 1. The van der Waals surface area contributed by atoms with Gasteiger partial charge in [0.15, 0.2) is 0 Å². The fourth-order valence-electron chi connectivity index (χ4n) is 2.40. The minimum Gasteiger partial charge on any atom is -0.396 e. The smallest absolute Gasteiger partial charge is 0.255 e. The summed E-state index contributed by atoms with van der Waals surface area (Å²) in [5.41, 5.74) is 5.95. The van der Waals surface area contributed by atoms with Crippen LogP contribution in [0.2, 0.25) is 0 Å². The van der Waals surface area contributed by atoms with Crippen molar-refractivity contribution in [1.82, 2.24) is 4.90 Å². The van der Waals surface area contributed by atoms with Gasteiger partial charge in [-0.05, 0) is 53.7 Å².